The summed E-state index contributed by atoms with van der Waals surface area (Å²) in [5.41, 5.74) is 2.16. The maximum atomic E-state index is 12.5. The molecule has 2 aromatic heterocycles. The number of aromatic nitrogens is 3. The second kappa shape index (κ2) is 6.95. The summed E-state index contributed by atoms with van der Waals surface area (Å²) in [7, 11) is 1.79. The Morgan fingerprint density at radius 1 is 1.31 bits per heavy atom. The molecule has 1 aliphatic carbocycles. The average molecular weight is 418 g/mol. The van der Waals surface area contributed by atoms with Crippen LogP contribution in [0.3, 0.4) is 0 Å². The van der Waals surface area contributed by atoms with Crippen molar-refractivity contribution in [2.75, 3.05) is 5.75 Å². The topological polar surface area (TPSA) is 63.7 Å². The lowest BCUT2D eigenvalue weighted by Crippen LogP contribution is -2.16. The van der Waals surface area contributed by atoms with Crippen molar-refractivity contribution in [2.24, 2.45) is 7.05 Å². The van der Waals surface area contributed by atoms with E-state index in [1.165, 1.54) is 12.1 Å². The molecule has 1 aromatic carbocycles. The zero-order valence-electron chi connectivity index (χ0n) is 15.7. The largest absolute Gasteiger partial charge is 0.573 e. The molecule has 150 valence electrons. The maximum absolute atomic E-state index is 12.5. The molecule has 0 unspecified atom stereocenters. The summed E-state index contributed by atoms with van der Waals surface area (Å²) in [6, 6.07) is 8.45. The Hall–Kier alpha value is -2.73. The number of hydrogen-bond donors (Lipinski definition) is 0. The van der Waals surface area contributed by atoms with Crippen molar-refractivity contribution < 1.29 is 17.9 Å². The molecule has 2 heterocycles. The molecule has 0 N–H and O–H groups in total. The third kappa shape index (κ3) is 3.65. The van der Waals surface area contributed by atoms with Crippen LogP contribution in [-0.2, 0) is 12.5 Å². The highest BCUT2D eigenvalue weighted by Crippen LogP contribution is 2.48. The number of aryl methyl sites for hydroxylation is 1. The van der Waals surface area contributed by atoms with E-state index in [9.17, 15) is 18.4 Å². The lowest BCUT2D eigenvalue weighted by atomic mass is 9.99. The number of benzene rings is 1. The van der Waals surface area contributed by atoms with Crippen LogP contribution in [0, 0.1) is 11.3 Å². The average Bonchev–Trinajstić information content (AvgIpc) is 3.40. The molecule has 0 saturated heterocycles. The Balaban J connectivity index is 1.79. The van der Waals surface area contributed by atoms with Crippen LogP contribution in [0.2, 0.25) is 0 Å². The SMILES string of the molecule is CCSc1cc(C2(C#N)CC2)cnc1-c1nc2cc(OC(F)(F)F)ccc2n1C. The van der Waals surface area contributed by atoms with Crippen LogP contribution in [0.4, 0.5) is 13.2 Å². The van der Waals surface area contributed by atoms with E-state index >= 15 is 0 Å². The van der Waals surface area contributed by atoms with Crippen LogP contribution in [-0.4, -0.2) is 26.7 Å². The fourth-order valence-electron chi connectivity index (χ4n) is 3.32. The molecule has 4 rings (SSSR count). The van der Waals surface area contributed by atoms with E-state index in [4.69, 9.17) is 0 Å². The van der Waals surface area contributed by atoms with Gasteiger partial charge in [0.15, 0.2) is 5.82 Å². The van der Waals surface area contributed by atoms with E-state index in [0.29, 0.717) is 22.6 Å². The van der Waals surface area contributed by atoms with Gasteiger partial charge in [0.2, 0.25) is 0 Å². The summed E-state index contributed by atoms with van der Waals surface area (Å²) in [6.07, 6.45) is -1.39. The van der Waals surface area contributed by atoms with Gasteiger partial charge in [0, 0.05) is 24.2 Å². The smallest absolute Gasteiger partial charge is 0.406 e. The van der Waals surface area contributed by atoms with Crippen LogP contribution in [0.15, 0.2) is 35.4 Å². The molecule has 1 saturated carbocycles. The Kier molecular flexibility index (Phi) is 4.69. The summed E-state index contributed by atoms with van der Waals surface area (Å²) >= 11 is 1.60. The van der Waals surface area contributed by atoms with Gasteiger partial charge >= 0.3 is 6.36 Å². The number of thioether (sulfide) groups is 1. The third-order valence-corrected chi connectivity index (χ3v) is 5.88. The standard InChI is InChI=1S/C20H17F3N4OS/c1-3-29-16-8-12(19(11-24)6-7-19)10-25-17(16)18-26-14-9-13(28-20(21,22)23)4-5-15(14)27(18)2/h4-5,8-10H,3,6-7H2,1-2H3. The van der Waals surface area contributed by atoms with Gasteiger partial charge in [0.05, 0.1) is 22.5 Å². The number of fused-ring (bicyclic) bond motifs is 1. The zero-order chi connectivity index (χ0) is 20.8. The first kappa shape index (κ1) is 19.6. The maximum Gasteiger partial charge on any atom is 0.573 e. The molecule has 5 nitrogen and oxygen atoms in total. The highest BCUT2D eigenvalue weighted by molar-refractivity contribution is 7.99. The number of ether oxygens (including phenoxy) is 1. The van der Waals surface area contributed by atoms with Gasteiger partial charge in [-0.1, -0.05) is 6.92 Å². The predicted molar refractivity (Wildman–Crippen MR) is 104 cm³/mol. The fraction of sp³-hybridized carbons (Fsp3) is 0.350. The minimum atomic E-state index is -4.76. The van der Waals surface area contributed by atoms with Gasteiger partial charge in [-0.15, -0.1) is 24.9 Å². The molecule has 3 aromatic rings. The lowest BCUT2D eigenvalue weighted by Gasteiger charge is -2.12. The Bertz CT molecular complexity index is 1130. The number of nitrogens with zero attached hydrogens (tertiary/aromatic N) is 4. The van der Waals surface area contributed by atoms with Gasteiger partial charge in [-0.25, -0.2) is 4.98 Å². The van der Waals surface area contributed by atoms with Crippen molar-refractivity contribution in [1.29, 1.82) is 5.26 Å². The Morgan fingerprint density at radius 3 is 2.69 bits per heavy atom. The number of halogens is 3. The number of rotatable bonds is 5. The zero-order valence-corrected chi connectivity index (χ0v) is 16.6. The molecular weight excluding hydrogens is 401 g/mol. The number of alkyl halides is 3. The van der Waals surface area contributed by atoms with Crippen LogP contribution < -0.4 is 4.74 Å². The molecule has 9 heteroatoms. The molecule has 0 bridgehead atoms. The van der Waals surface area contributed by atoms with Crippen LogP contribution in [0.25, 0.3) is 22.6 Å². The summed E-state index contributed by atoms with van der Waals surface area (Å²) in [5.74, 6) is 1.05. The quantitative estimate of drug-likeness (QED) is 0.533. The van der Waals surface area contributed by atoms with Crippen molar-refractivity contribution in [2.45, 2.75) is 36.4 Å². The summed E-state index contributed by atoms with van der Waals surface area (Å²) in [4.78, 5) is 10.0. The minimum Gasteiger partial charge on any atom is -0.406 e. The van der Waals surface area contributed by atoms with Gasteiger partial charge in [0.25, 0.3) is 0 Å². The molecule has 0 spiro atoms. The Morgan fingerprint density at radius 2 is 2.07 bits per heavy atom. The highest BCUT2D eigenvalue weighted by Gasteiger charge is 2.45. The van der Waals surface area contributed by atoms with Gasteiger partial charge in [0.1, 0.15) is 11.4 Å². The van der Waals surface area contributed by atoms with Crippen molar-refractivity contribution in [3.8, 4) is 23.3 Å². The molecule has 1 fully saturated rings. The lowest BCUT2D eigenvalue weighted by molar-refractivity contribution is -0.274. The molecular formula is C20H17F3N4OS. The Labute approximate surface area is 169 Å². The molecule has 0 amide bonds. The first-order valence-electron chi connectivity index (χ1n) is 9.03. The molecule has 0 aliphatic heterocycles. The van der Waals surface area contributed by atoms with Gasteiger partial charge in [-0.05, 0) is 42.4 Å². The van der Waals surface area contributed by atoms with E-state index in [1.54, 1.807) is 35.6 Å². The van der Waals surface area contributed by atoms with Crippen LogP contribution in [0.5, 0.6) is 5.75 Å². The van der Waals surface area contributed by atoms with E-state index in [2.05, 4.69) is 20.8 Å². The summed E-state index contributed by atoms with van der Waals surface area (Å²) in [5, 5.41) is 9.47. The van der Waals surface area contributed by atoms with Gasteiger partial charge < -0.3 is 9.30 Å². The summed E-state index contributed by atoms with van der Waals surface area (Å²) < 4.78 is 43.3. The summed E-state index contributed by atoms with van der Waals surface area (Å²) in [6.45, 7) is 2.02. The minimum absolute atomic E-state index is 0.314. The van der Waals surface area contributed by atoms with Gasteiger partial charge in [-0.3, -0.25) is 4.98 Å². The number of pyridine rings is 1. The normalized spacial score (nSPS) is 15.3. The van der Waals surface area contributed by atoms with E-state index < -0.39 is 11.8 Å². The highest BCUT2D eigenvalue weighted by atomic mass is 32.2. The number of imidazole rings is 1. The molecule has 29 heavy (non-hydrogen) atoms. The fourth-order valence-corrected chi connectivity index (χ4v) is 4.12. The van der Waals surface area contributed by atoms with E-state index in [-0.39, 0.29) is 5.75 Å². The first-order valence-corrected chi connectivity index (χ1v) is 10.0. The molecule has 0 radical (unpaired) electrons. The van der Waals surface area contributed by atoms with Gasteiger partial charge in [-0.2, -0.15) is 5.26 Å². The van der Waals surface area contributed by atoms with E-state index in [1.807, 2.05) is 13.0 Å². The van der Waals surface area contributed by atoms with Crippen molar-refractivity contribution in [3.05, 3.63) is 36.0 Å². The van der Waals surface area contributed by atoms with Crippen LogP contribution in [0.1, 0.15) is 25.3 Å². The molecule has 1 aliphatic rings. The predicted octanol–water partition coefficient (Wildman–Crippen LogP) is 5.20. The van der Waals surface area contributed by atoms with Crippen LogP contribution >= 0.6 is 11.8 Å². The third-order valence-electron chi connectivity index (χ3n) is 4.97. The van der Waals surface area contributed by atoms with Crippen molar-refractivity contribution in [3.63, 3.8) is 0 Å². The first-order chi connectivity index (χ1) is 13.8. The number of nitriles is 1. The second-order valence-corrected chi connectivity index (χ2v) is 8.20. The second-order valence-electron chi connectivity index (χ2n) is 6.89. The van der Waals surface area contributed by atoms with Crippen molar-refractivity contribution >= 4 is 22.8 Å². The van der Waals surface area contributed by atoms with Crippen molar-refractivity contribution in [1.82, 2.24) is 14.5 Å². The monoisotopic (exact) mass is 418 g/mol. The number of hydrogen-bond acceptors (Lipinski definition) is 5. The molecule has 0 atom stereocenters. The van der Waals surface area contributed by atoms with E-state index in [0.717, 1.165) is 29.1 Å².